The fraction of sp³-hybridized carbons (Fsp3) is 0.700. The molecule has 2 aliphatic rings. The smallest absolute Gasteiger partial charge is 0.229 e. The van der Waals surface area contributed by atoms with E-state index in [-0.39, 0.29) is 29.7 Å². The second-order valence-electron chi connectivity index (χ2n) is 4.20. The van der Waals surface area contributed by atoms with Crippen LogP contribution in [0, 0.1) is 5.92 Å². The molecule has 1 aliphatic carbocycles. The normalized spacial score (nSPS) is 29.5. The minimum absolute atomic E-state index is 0.0541. The van der Waals surface area contributed by atoms with Gasteiger partial charge in [-0.2, -0.15) is 0 Å². The lowest BCUT2D eigenvalue weighted by Gasteiger charge is -2.13. The lowest BCUT2D eigenvalue weighted by Crippen LogP contribution is -2.33. The molecular weight excluding hydrogens is 196 g/mol. The summed E-state index contributed by atoms with van der Waals surface area (Å²) in [5.41, 5.74) is 0. The van der Waals surface area contributed by atoms with Crippen LogP contribution in [-0.4, -0.2) is 35.2 Å². The van der Waals surface area contributed by atoms with E-state index in [0.717, 1.165) is 6.42 Å². The monoisotopic (exact) mass is 210 g/mol. The van der Waals surface area contributed by atoms with Crippen LogP contribution in [-0.2, 0) is 14.4 Å². The SMILES string of the molecule is CC(=O)NC1CC1CN1C(=O)CCC1=O. The van der Waals surface area contributed by atoms with Gasteiger partial charge >= 0.3 is 0 Å². The van der Waals surface area contributed by atoms with E-state index in [0.29, 0.717) is 19.4 Å². The molecule has 1 N–H and O–H groups in total. The number of likely N-dealkylation sites (tertiary alicyclic amines) is 1. The zero-order valence-electron chi connectivity index (χ0n) is 8.66. The van der Waals surface area contributed by atoms with E-state index in [4.69, 9.17) is 0 Å². The number of rotatable bonds is 3. The van der Waals surface area contributed by atoms with Crippen molar-refractivity contribution in [2.75, 3.05) is 6.54 Å². The summed E-state index contributed by atoms with van der Waals surface area (Å²) in [4.78, 5) is 34.7. The molecule has 1 saturated heterocycles. The third kappa shape index (κ3) is 2.16. The van der Waals surface area contributed by atoms with Crippen LogP contribution >= 0.6 is 0 Å². The van der Waals surface area contributed by atoms with E-state index in [1.165, 1.54) is 11.8 Å². The molecule has 1 aliphatic heterocycles. The zero-order valence-corrected chi connectivity index (χ0v) is 8.66. The Morgan fingerprint density at radius 3 is 2.53 bits per heavy atom. The van der Waals surface area contributed by atoms with Gasteiger partial charge in [-0.25, -0.2) is 0 Å². The molecule has 0 aromatic heterocycles. The predicted molar refractivity (Wildman–Crippen MR) is 51.7 cm³/mol. The third-order valence-electron chi connectivity index (χ3n) is 2.88. The van der Waals surface area contributed by atoms with Crippen LogP contribution in [0.4, 0.5) is 0 Å². The lowest BCUT2D eigenvalue weighted by atomic mass is 10.3. The molecule has 2 fully saturated rings. The lowest BCUT2D eigenvalue weighted by molar-refractivity contribution is -0.138. The molecule has 0 aromatic rings. The summed E-state index contributed by atoms with van der Waals surface area (Å²) in [7, 11) is 0. The van der Waals surface area contributed by atoms with Crippen molar-refractivity contribution in [1.29, 1.82) is 0 Å². The molecule has 0 aromatic carbocycles. The number of imide groups is 1. The summed E-state index contributed by atoms with van der Waals surface area (Å²) in [5, 5.41) is 2.78. The Morgan fingerprint density at radius 1 is 1.40 bits per heavy atom. The Balaban J connectivity index is 1.82. The van der Waals surface area contributed by atoms with Crippen LogP contribution in [0.2, 0.25) is 0 Å². The van der Waals surface area contributed by atoms with Crippen molar-refractivity contribution < 1.29 is 14.4 Å². The topological polar surface area (TPSA) is 66.5 Å². The molecule has 1 heterocycles. The van der Waals surface area contributed by atoms with Gasteiger partial charge in [0.25, 0.3) is 0 Å². The van der Waals surface area contributed by atoms with Crippen LogP contribution in [0.3, 0.4) is 0 Å². The maximum absolute atomic E-state index is 11.3. The average molecular weight is 210 g/mol. The van der Waals surface area contributed by atoms with Crippen LogP contribution in [0.1, 0.15) is 26.2 Å². The molecule has 82 valence electrons. The number of amides is 3. The molecule has 2 rings (SSSR count). The van der Waals surface area contributed by atoms with Gasteiger partial charge in [0, 0.05) is 32.4 Å². The second kappa shape index (κ2) is 3.64. The first-order valence-corrected chi connectivity index (χ1v) is 5.18. The van der Waals surface area contributed by atoms with Gasteiger partial charge in [-0.05, 0) is 12.3 Å². The summed E-state index contributed by atoms with van der Waals surface area (Å²) in [6, 6.07) is 0.156. The van der Waals surface area contributed by atoms with E-state index >= 15 is 0 Å². The molecule has 5 heteroatoms. The van der Waals surface area contributed by atoms with E-state index in [1.54, 1.807) is 0 Å². The van der Waals surface area contributed by atoms with Gasteiger partial charge in [-0.3, -0.25) is 19.3 Å². The quantitative estimate of drug-likeness (QED) is 0.648. The molecule has 1 saturated carbocycles. The number of hydrogen-bond acceptors (Lipinski definition) is 3. The van der Waals surface area contributed by atoms with Crippen LogP contribution in [0.5, 0.6) is 0 Å². The van der Waals surface area contributed by atoms with Crippen molar-refractivity contribution in [3.8, 4) is 0 Å². The Hall–Kier alpha value is -1.39. The number of carbonyl (C=O) groups excluding carboxylic acids is 3. The number of hydrogen-bond donors (Lipinski definition) is 1. The van der Waals surface area contributed by atoms with Gasteiger partial charge in [-0.15, -0.1) is 0 Å². The molecular formula is C10H14N2O3. The highest BCUT2D eigenvalue weighted by atomic mass is 16.2. The standard InChI is InChI=1S/C10H14N2O3/c1-6(13)11-8-4-7(8)5-12-9(14)2-3-10(12)15/h7-8H,2-5H2,1H3,(H,11,13). The summed E-state index contributed by atoms with van der Waals surface area (Å²) < 4.78 is 0. The molecule has 2 unspecified atom stereocenters. The highest BCUT2D eigenvalue weighted by Gasteiger charge is 2.42. The summed E-state index contributed by atoms with van der Waals surface area (Å²) in [6.07, 6.45) is 1.56. The Labute approximate surface area is 87.8 Å². The van der Waals surface area contributed by atoms with Crippen LogP contribution < -0.4 is 5.32 Å². The number of nitrogens with one attached hydrogen (secondary N) is 1. The van der Waals surface area contributed by atoms with Crippen molar-refractivity contribution >= 4 is 17.7 Å². The van der Waals surface area contributed by atoms with Gasteiger partial charge in [0.15, 0.2) is 0 Å². The summed E-state index contributed by atoms with van der Waals surface area (Å²) in [6.45, 7) is 1.95. The van der Waals surface area contributed by atoms with Crippen LogP contribution in [0.25, 0.3) is 0 Å². The van der Waals surface area contributed by atoms with Gasteiger partial charge in [0.05, 0.1) is 0 Å². The first kappa shape index (κ1) is 10.1. The summed E-state index contributed by atoms with van der Waals surface area (Å²) >= 11 is 0. The number of nitrogens with zero attached hydrogens (tertiary/aromatic N) is 1. The average Bonchev–Trinajstić information content (AvgIpc) is 2.79. The molecule has 3 amide bonds. The van der Waals surface area contributed by atoms with E-state index in [1.807, 2.05) is 0 Å². The molecule has 0 bridgehead atoms. The van der Waals surface area contributed by atoms with Gasteiger partial charge in [0.2, 0.25) is 17.7 Å². The first-order chi connectivity index (χ1) is 7.08. The Morgan fingerprint density at radius 2 is 2.00 bits per heavy atom. The first-order valence-electron chi connectivity index (χ1n) is 5.18. The molecule has 15 heavy (non-hydrogen) atoms. The van der Waals surface area contributed by atoms with Crippen molar-refractivity contribution in [3.05, 3.63) is 0 Å². The Bertz CT molecular complexity index is 311. The zero-order chi connectivity index (χ0) is 11.0. The molecule has 0 radical (unpaired) electrons. The predicted octanol–water partition coefficient (Wildman–Crippen LogP) is -0.340. The maximum Gasteiger partial charge on any atom is 0.229 e. The Kier molecular flexibility index (Phi) is 2.46. The second-order valence-corrected chi connectivity index (χ2v) is 4.20. The van der Waals surface area contributed by atoms with Crippen molar-refractivity contribution in [2.45, 2.75) is 32.2 Å². The van der Waals surface area contributed by atoms with E-state index < -0.39 is 0 Å². The minimum Gasteiger partial charge on any atom is -0.353 e. The van der Waals surface area contributed by atoms with Gasteiger partial charge < -0.3 is 5.32 Å². The van der Waals surface area contributed by atoms with E-state index in [9.17, 15) is 14.4 Å². The maximum atomic E-state index is 11.3. The molecule has 5 nitrogen and oxygen atoms in total. The summed E-state index contributed by atoms with van der Waals surface area (Å²) in [5.74, 6) is 0.0587. The third-order valence-corrected chi connectivity index (χ3v) is 2.88. The molecule has 0 spiro atoms. The fourth-order valence-corrected chi connectivity index (χ4v) is 1.95. The van der Waals surface area contributed by atoms with Crippen molar-refractivity contribution in [2.24, 2.45) is 5.92 Å². The highest BCUT2D eigenvalue weighted by molar-refractivity contribution is 6.01. The van der Waals surface area contributed by atoms with Gasteiger partial charge in [0.1, 0.15) is 0 Å². The van der Waals surface area contributed by atoms with Crippen LogP contribution in [0.15, 0.2) is 0 Å². The van der Waals surface area contributed by atoms with Gasteiger partial charge in [-0.1, -0.05) is 0 Å². The highest BCUT2D eigenvalue weighted by Crippen LogP contribution is 2.32. The van der Waals surface area contributed by atoms with Crippen molar-refractivity contribution in [3.63, 3.8) is 0 Å². The van der Waals surface area contributed by atoms with Crippen molar-refractivity contribution in [1.82, 2.24) is 10.2 Å². The fourth-order valence-electron chi connectivity index (χ4n) is 1.95. The minimum atomic E-state index is -0.0755. The largest absolute Gasteiger partial charge is 0.353 e. The number of carbonyl (C=O) groups is 3. The van der Waals surface area contributed by atoms with E-state index in [2.05, 4.69) is 5.32 Å². The molecule has 2 atom stereocenters.